The van der Waals surface area contributed by atoms with Gasteiger partial charge in [-0.15, -0.1) is 0 Å². The van der Waals surface area contributed by atoms with Gasteiger partial charge in [-0.25, -0.2) is 0 Å². The van der Waals surface area contributed by atoms with E-state index in [1.807, 2.05) is 13.1 Å². The molecule has 2 unspecified atom stereocenters. The lowest BCUT2D eigenvalue weighted by Crippen LogP contribution is -2.52. The fourth-order valence-electron chi connectivity index (χ4n) is 3.95. The van der Waals surface area contributed by atoms with E-state index in [1.54, 1.807) is 23.2 Å². The molecule has 1 aliphatic carbocycles. The molecular weight excluding hydrogens is 328 g/mol. The number of rotatable bonds is 4. The topological polar surface area (TPSA) is 72.1 Å². The van der Waals surface area contributed by atoms with Crippen molar-refractivity contribution in [2.45, 2.75) is 18.9 Å². The van der Waals surface area contributed by atoms with Crippen molar-refractivity contribution >= 4 is 5.91 Å². The van der Waals surface area contributed by atoms with E-state index in [1.165, 1.54) is 0 Å². The Balaban J connectivity index is 1.46. The average Bonchev–Trinajstić information content (AvgIpc) is 3.32. The molecule has 0 aromatic carbocycles. The number of furan rings is 1. The third-order valence-corrected chi connectivity index (χ3v) is 5.36. The van der Waals surface area contributed by atoms with E-state index in [9.17, 15) is 4.79 Å². The summed E-state index contributed by atoms with van der Waals surface area (Å²) in [6, 6.07) is 3.78. The van der Waals surface area contributed by atoms with Gasteiger partial charge in [0, 0.05) is 31.4 Å². The lowest BCUT2D eigenvalue weighted by atomic mass is 9.78. The van der Waals surface area contributed by atoms with Crippen molar-refractivity contribution in [2.24, 2.45) is 18.9 Å². The molecule has 26 heavy (non-hydrogen) atoms. The minimum atomic E-state index is -0.160. The Morgan fingerprint density at radius 3 is 3.12 bits per heavy atom. The zero-order valence-corrected chi connectivity index (χ0v) is 14.9. The highest BCUT2D eigenvalue weighted by Crippen LogP contribution is 2.29. The van der Waals surface area contributed by atoms with Crippen LogP contribution in [0.25, 0.3) is 11.3 Å². The zero-order chi connectivity index (χ0) is 17.9. The number of nitrogens with one attached hydrogen (secondary N) is 2. The van der Waals surface area contributed by atoms with Crippen LogP contribution < -0.4 is 10.6 Å². The molecule has 0 saturated carbocycles. The van der Waals surface area contributed by atoms with Gasteiger partial charge in [-0.05, 0) is 43.4 Å². The molecule has 6 nitrogen and oxygen atoms in total. The normalized spacial score (nSPS) is 25.3. The fraction of sp³-hybridized carbons (Fsp3) is 0.400. The molecule has 2 N–H and O–H groups in total. The van der Waals surface area contributed by atoms with Crippen LogP contribution in [0.5, 0.6) is 0 Å². The van der Waals surface area contributed by atoms with Crippen LogP contribution in [0.3, 0.4) is 0 Å². The molecule has 0 spiro atoms. The van der Waals surface area contributed by atoms with Crippen molar-refractivity contribution in [1.29, 1.82) is 0 Å². The van der Waals surface area contributed by atoms with Gasteiger partial charge < -0.3 is 15.1 Å². The number of hydrogen-bond donors (Lipinski definition) is 2. The van der Waals surface area contributed by atoms with E-state index in [0.29, 0.717) is 17.6 Å². The molecule has 1 fully saturated rings. The van der Waals surface area contributed by atoms with Crippen LogP contribution in [-0.2, 0) is 7.05 Å². The summed E-state index contributed by atoms with van der Waals surface area (Å²) < 4.78 is 7.29. The number of piperidine rings is 1. The first-order valence-corrected chi connectivity index (χ1v) is 9.14. The summed E-state index contributed by atoms with van der Waals surface area (Å²) in [4.78, 5) is 12.7. The fourth-order valence-corrected chi connectivity index (χ4v) is 3.95. The second-order valence-corrected chi connectivity index (χ2v) is 6.99. The first-order chi connectivity index (χ1) is 12.7. The van der Waals surface area contributed by atoms with Crippen LogP contribution >= 0.6 is 0 Å². The van der Waals surface area contributed by atoms with Gasteiger partial charge in [-0.1, -0.05) is 24.3 Å². The number of carbonyl (C=O) groups is 1. The van der Waals surface area contributed by atoms with Gasteiger partial charge in [0.1, 0.15) is 6.26 Å². The summed E-state index contributed by atoms with van der Waals surface area (Å²) in [6.07, 6.45) is 14.1. The predicted octanol–water partition coefficient (Wildman–Crippen LogP) is 2.52. The average molecular weight is 352 g/mol. The predicted molar refractivity (Wildman–Crippen MR) is 99.5 cm³/mol. The first kappa shape index (κ1) is 16.8. The van der Waals surface area contributed by atoms with E-state index in [-0.39, 0.29) is 11.9 Å². The van der Waals surface area contributed by atoms with Gasteiger partial charge in [0.2, 0.25) is 0 Å². The number of amides is 1. The number of nitrogens with zero attached hydrogens (tertiary/aromatic N) is 2. The summed E-state index contributed by atoms with van der Waals surface area (Å²) in [5.41, 5.74) is 1.78. The molecule has 1 saturated heterocycles. The lowest BCUT2D eigenvalue weighted by Gasteiger charge is -2.37. The van der Waals surface area contributed by atoms with Crippen molar-refractivity contribution in [1.82, 2.24) is 20.4 Å². The van der Waals surface area contributed by atoms with Gasteiger partial charge in [-0.2, -0.15) is 5.10 Å². The molecule has 6 heteroatoms. The van der Waals surface area contributed by atoms with Crippen molar-refractivity contribution < 1.29 is 9.21 Å². The minimum Gasteiger partial charge on any atom is -0.458 e. The summed E-state index contributed by atoms with van der Waals surface area (Å²) >= 11 is 0. The molecule has 2 aliphatic rings. The van der Waals surface area contributed by atoms with Gasteiger partial charge in [-0.3, -0.25) is 9.48 Å². The molecule has 1 aliphatic heterocycles. The molecule has 2 aromatic heterocycles. The smallest absolute Gasteiger partial charge is 0.287 e. The van der Waals surface area contributed by atoms with Crippen molar-refractivity contribution in [2.75, 3.05) is 13.1 Å². The Bertz CT molecular complexity index is 832. The lowest BCUT2D eigenvalue weighted by molar-refractivity contribution is 0.0870. The standard InChI is InChI=1S/C20H24N4O2/c1-24-18(8-10-22-24)15-11-19(26-13-15)20(25)23-17-12-21-9-7-16(17)14-5-3-2-4-6-14/h2-5,8,10-11,13-14,16-17,21H,6-7,9,12H2,1H3,(H,23,25)/t14?,16-,17?/m1/s1. The van der Waals surface area contributed by atoms with Crippen molar-refractivity contribution in [3.63, 3.8) is 0 Å². The third kappa shape index (κ3) is 3.37. The maximum absolute atomic E-state index is 12.7. The van der Waals surface area contributed by atoms with E-state index < -0.39 is 0 Å². The summed E-state index contributed by atoms with van der Waals surface area (Å²) in [6.45, 7) is 1.79. The quantitative estimate of drug-likeness (QED) is 0.887. The van der Waals surface area contributed by atoms with Crippen LogP contribution in [0.4, 0.5) is 0 Å². The van der Waals surface area contributed by atoms with E-state index >= 15 is 0 Å². The van der Waals surface area contributed by atoms with E-state index in [0.717, 1.165) is 37.2 Å². The van der Waals surface area contributed by atoms with Gasteiger partial charge in [0.15, 0.2) is 5.76 Å². The number of hydrogen-bond acceptors (Lipinski definition) is 4. The van der Waals surface area contributed by atoms with Crippen LogP contribution in [0.15, 0.2) is 53.3 Å². The first-order valence-electron chi connectivity index (χ1n) is 9.14. The Kier molecular flexibility index (Phi) is 4.75. The molecule has 1 amide bonds. The number of aryl methyl sites for hydroxylation is 1. The highest BCUT2D eigenvalue weighted by atomic mass is 16.3. The van der Waals surface area contributed by atoms with Gasteiger partial charge >= 0.3 is 0 Å². The molecule has 136 valence electrons. The number of carbonyl (C=O) groups excluding carboxylic acids is 1. The van der Waals surface area contributed by atoms with Crippen LogP contribution in [0.1, 0.15) is 23.4 Å². The highest BCUT2D eigenvalue weighted by Gasteiger charge is 2.32. The van der Waals surface area contributed by atoms with Crippen LogP contribution in [0, 0.1) is 11.8 Å². The summed E-state index contributed by atoms with van der Waals surface area (Å²) in [5.74, 6) is 1.10. The molecule has 3 heterocycles. The second kappa shape index (κ2) is 7.33. The summed E-state index contributed by atoms with van der Waals surface area (Å²) in [7, 11) is 1.87. The minimum absolute atomic E-state index is 0.0997. The molecule has 3 atom stereocenters. The Morgan fingerprint density at radius 2 is 2.35 bits per heavy atom. The zero-order valence-electron chi connectivity index (χ0n) is 14.9. The van der Waals surface area contributed by atoms with Crippen LogP contribution in [-0.4, -0.2) is 34.8 Å². The Labute approximate surface area is 153 Å². The molecule has 4 rings (SSSR count). The number of allylic oxidation sites excluding steroid dienone is 4. The maximum Gasteiger partial charge on any atom is 0.287 e. The monoisotopic (exact) mass is 352 g/mol. The molecular formula is C20H24N4O2. The third-order valence-electron chi connectivity index (χ3n) is 5.36. The largest absolute Gasteiger partial charge is 0.458 e. The maximum atomic E-state index is 12.7. The second-order valence-electron chi connectivity index (χ2n) is 6.99. The number of aromatic nitrogens is 2. The van der Waals surface area contributed by atoms with Crippen LogP contribution in [0.2, 0.25) is 0 Å². The van der Waals surface area contributed by atoms with Crippen molar-refractivity contribution in [3.05, 3.63) is 54.7 Å². The molecule has 0 bridgehead atoms. The van der Waals surface area contributed by atoms with Crippen molar-refractivity contribution in [3.8, 4) is 11.3 Å². The summed E-state index contributed by atoms with van der Waals surface area (Å²) in [5, 5.41) is 10.7. The Hall–Kier alpha value is -2.60. The SMILES string of the molecule is Cn1nccc1-c1coc(C(=O)NC2CNCC[C@@H]2C2C=CC=CC2)c1. The highest BCUT2D eigenvalue weighted by molar-refractivity contribution is 5.93. The molecule has 0 radical (unpaired) electrons. The van der Waals surface area contributed by atoms with Gasteiger partial charge in [0.25, 0.3) is 5.91 Å². The van der Waals surface area contributed by atoms with Gasteiger partial charge in [0.05, 0.1) is 5.69 Å². The van der Waals surface area contributed by atoms with E-state index in [4.69, 9.17) is 4.42 Å². The molecule has 2 aromatic rings. The van der Waals surface area contributed by atoms with E-state index in [2.05, 4.69) is 40.0 Å². The Morgan fingerprint density at radius 1 is 1.42 bits per heavy atom.